The van der Waals surface area contributed by atoms with E-state index in [9.17, 15) is 53.8 Å². The lowest BCUT2D eigenvalue weighted by atomic mass is 9.96. The highest BCUT2D eigenvalue weighted by Gasteiger charge is 2.72. The molecule has 1 rings (SSSR count). The molecular formula is C26H32F10N2O2S. The van der Waals surface area contributed by atoms with E-state index < -0.39 is 59.7 Å². The van der Waals surface area contributed by atoms with Crippen LogP contribution in [0, 0.1) is 11.3 Å². The van der Waals surface area contributed by atoms with Gasteiger partial charge in [0.1, 0.15) is 5.60 Å². The fourth-order valence-electron chi connectivity index (χ4n) is 3.75. The van der Waals surface area contributed by atoms with Crippen LogP contribution in [0.15, 0.2) is 18.2 Å². The summed E-state index contributed by atoms with van der Waals surface area (Å²) in [4.78, 5) is 12.4. The molecular weight excluding hydrogens is 594 g/mol. The first-order valence-corrected chi connectivity index (χ1v) is 14.0. The summed E-state index contributed by atoms with van der Waals surface area (Å²) >= 11 is 1.20. The minimum absolute atomic E-state index is 0.0334. The quantitative estimate of drug-likeness (QED) is 0.134. The van der Waals surface area contributed by atoms with Gasteiger partial charge in [-0.2, -0.15) is 60.9 Å². The Morgan fingerprint density at radius 1 is 0.854 bits per heavy atom. The largest absolute Gasteiger partial charge is 0.459 e. The van der Waals surface area contributed by atoms with Crippen molar-refractivity contribution in [1.29, 1.82) is 5.26 Å². The number of hydrogen-bond donors (Lipinski definition) is 2. The lowest BCUT2D eigenvalue weighted by molar-refractivity contribution is -0.355. The Bertz CT molecular complexity index is 1020. The van der Waals surface area contributed by atoms with Crippen LogP contribution >= 0.6 is 11.8 Å². The van der Waals surface area contributed by atoms with E-state index in [0.717, 1.165) is 37.8 Å². The van der Waals surface area contributed by atoms with Crippen molar-refractivity contribution in [2.45, 2.75) is 101 Å². The monoisotopic (exact) mass is 626 g/mol. The minimum atomic E-state index is -6.31. The van der Waals surface area contributed by atoms with Gasteiger partial charge in [-0.05, 0) is 55.9 Å². The smallest absolute Gasteiger partial charge is 0.380 e. The Morgan fingerprint density at radius 3 is 1.93 bits per heavy atom. The molecule has 1 amide bonds. The van der Waals surface area contributed by atoms with Crippen molar-refractivity contribution < 1.29 is 53.8 Å². The number of nitrogens with one attached hydrogen (secondary N) is 1. The molecule has 1 aromatic rings. The van der Waals surface area contributed by atoms with Crippen molar-refractivity contribution in [3.63, 3.8) is 0 Å². The molecule has 0 aliphatic heterocycles. The number of benzene rings is 1. The third-order valence-corrected chi connectivity index (χ3v) is 7.39. The predicted octanol–water partition coefficient (Wildman–Crippen LogP) is 8.73. The molecule has 4 nitrogen and oxygen atoms in total. The number of aliphatic hydroxyl groups is 1. The molecule has 234 valence electrons. The number of halogens is 10. The highest BCUT2D eigenvalue weighted by atomic mass is 32.2. The number of hydrogen-bond acceptors (Lipinski definition) is 4. The molecule has 1 aromatic carbocycles. The molecule has 0 fully saturated rings. The Balaban J connectivity index is 2.21. The van der Waals surface area contributed by atoms with Gasteiger partial charge in [0.05, 0.1) is 17.2 Å². The lowest BCUT2D eigenvalue weighted by Crippen LogP contribution is -2.51. The van der Waals surface area contributed by atoms with Crippen molar-refractivity contribution in [2.24, 2.45) is 0 Å². The Labute approximate surface area is 235 Å². The van der Waals surface area contributed by atoms with E-state index in [1.807, 2.05) is 0 Å². The van der Waals surface area contributed by atoms with Gasteiger partial charge in [0.2, 0.25) is 0 Å². The van der Waals surface area contributed by atoms with Crippen molar-refractivity contribution in [3.8, 4) is 6.07 Å². The third-order valence-electron chi connectivity index (χ3n) is 6.24. The second-order valence-corrected chi connectivity index (χ2v) is 11.0. The van der Waals surface area contributed by atoms with E-state index in [1.54, 1.807) is 0 Å². The molecule has 41 heavy (non-hydrogen) atoms. The van der Waals surface area contributed by atoms with Crippen molar-refractivity contribution in [3.05, 3.63) is 29.3 Å². The van der Waals surface area contributed by atoms with Crippen LogP contribution in [0.1, 0.15) is 82.3 Å². The lowest BCUT2D eigenvalue weighted by Gasteiger charge is -2.28. The molecule has 0 aliphatic carbocycles. The number of rotatable bonds is 17. The van der Waals surface area contributed by atoms with Gasteiger partial charge in [-0.3, -0.25) is 4.79 Å². The van der Waals surface area contributed by atoms with E-state index in [4.69, 9.17) is 5.26 Å². The van der Waals surface area contributed by atoms with E-state index in [0.29, 0.717) is 31.1 Å². The highest BCUT2D eigenvalue weighted by molar-refractivity contribution is 7.99. The fraction of sp³-hybridized carbons (Fsp3) is 0.692. The summed E-state index contributed by atoms with van der Waals surface area (Å²) in [6, 6.07) is 4.13. The Hall–Kier alpha value is -2.21. The number of carbonyl (C=O) groups is 1. The van der Waals surface area contributed by atoms with E-state index in [1.165, 1.54) is 24.8 Å². The van der Waals surface area contributed by atoms with E-state index >= 15 is 0 Å². The van der Waals surface area contributed by atoms with E-state index in [2.05, 4.69) is 5.32 Å². The van der Waals surface area contributed by atoms with E-state index in [-0.39, 0.29) is 17.9 Å². The molecule has 0 unspecified atom stereocenters. The molecule has 0 bridgehead atoms. The van der Waals surface area contributed by atoms with Gasteiger partial charge in [-0.15, -0.1) is 0 Å². The summed E-state index contributed by atoms with van der Waals surface area (Å²) in [5.41, 5.74) is -3.84. The molecule has 0 aliphatic rings. The normalized spacial score (nSPS) is 14.4. The van der Waals surface area contributed by atoms with Crippen LogP contribution in [0.25, 0.3) is 0 Å². The first-order chi connectivity index (χ1) is 18.8. The summed E-state index contributed by atoms with van der Waals surface area (Å²) in [6.45, 7) is 1.25. The molecule has 2 N–H and O–H groups in total. The molecule has 0 saturated heterocycles. The van der Waals surface area contributed by atoms with Crippen LogP contribution in [0.4, 0.5) is 49.6 Å². The van der Waals surface area contributed by atoms with Gasteiger partial charge in [0.15, 0.2) is 0 Å². The topological polar surface area (TPSA) is 73.1 Å². The number of nitriles is 1. The van der Waals surface area contributed by atoms with Gasteiger partial charge < -0.3 is 10.4 Å². The van der Waals surface area contributed by atoms with Crippen LogP contribution in [0.3, 0.4) is 0 Å². The second kappa shape index (κ2) is 15.3. The Morgan fingerprint density at radius 2 is 1.39 bits per heavy atom. The maximum atomic E-state index is 13.2. The molecule has 0 aromatic heterocycles. The van der Waals surface area contributed by atoms with Crippen LogP contribution in [0.5, 0.6) is 0 Å². The molecule has 0 spiro atoms. The van der Waals surface area contributed by atoms with Crippen LogP contribution in [-0.4, -0.2) is 46.1 Å². The summed E-state index contributed by atoms with van der Waals surface area (Å²) < 4.78 is 128. The first-order valence-electron chi connectivity index (χ1n) is 12.8. The fourth-order valence-corrected chi connectivity index (χ4v) is 4.71. The summed E-state index contributed by atoms with van der Waals surface area (Å²) in [6.07, 6.45) is -8.02. The average Bonchev–Trinajstić information content (AvgIpc) is 2.85. The van der Waals surface area contributed by atoms with Crippen molar-refractivity contribution >= 4 is 23.4 Å². The number of alkyl halides is 10. The van der Waals surface area contributed by atoms with Gasteiger partial charge in [-0.1, -0.05) is 38.5 Å². The maximum absolute atomic E-state index is 13.2. The molecule has 0 radical (unpaired) electrons. The third kappa shape index (κ3) is 11.5. The zero-order valence-electron chi connectivity index (χ0n) is 22.2. The highest BCUT2D eigenvalue weighted by Crippen LogP contribution is 2.48. The SMILES string of the molecule is C[C@](O)(CCCCCCCCCSCCCC(F)(F)C(F)(F)C(F)(F)F)C(=O)Nc1ccc(C#N)c(C(F)(F)F)c1. The molecule has 15 heteroatoms. The molecule has 0 saturated carbocycles. The summed E-state index contributed by atoms with van der Waals surface area (Å²) in [5.74, 6) is -11.5. The van der Waals surface area contributed by atoms with Gasteiger partial charge in [-0.25, -0.2) is 0 Å². The number of amides is 1. The van der Waals surface area contributed by atoms with Gasteiger partial charge >= 0.3 is 24.2 Å². The number of carbonyl (C=O) groups excluding carboxylic acids is 1. The van der Waals surface area contributed by atoms with Crippen molar-refractivity contribution in [2.75, 3.05) is 16.8 Å². The standard InChI is InChI=1S/C26H32F10N2O2S/c1-22(40,21(39)38-19-11-10-18(17-37)20(16-19)24(29,30)31)12-7-5-3-2-4-6-8-14-41-15-9-13-23(27,28)25(32,33)26(34,35)36/h10-11,16,40H,2-9,12-15H2,1H3,(H,38,39)/t22-/m0/s1. The molecule has 1 atom stereocenters. The predicted molar refractivity (Wildman–Crippen MR) is 135 cm³/mol. The number of anilines is 1. The minimum Gasteiger partial charge on any atom is -0.380 e. The molecule has 0 heterocycles. The maximum Gasteiger partial charge on any atom is 0.459 e. The van der Waals surface area contributed by atoms with Crippen LogP contribution in [-0.2, 0) is 11.0 Å². The van der Waals surface area contributed by atoms with Crippen LogP contribution < -0.4 is 5.32 Å². The zero-order chi connectivity index (χ0) is 31.5. The number of unbranched alkanes of at least 4 members (excludes halogenated alkanes) is 6. The van der Waals surface area contributed by atoms with Gasteiger partial charge in [0.25, 0.3) is 5.91 Å². The Kier molecular flexibility index (Phi) is 13.8. The zero-order valence-corrected chi connectivity index (χ0v) is 23.0. The number of nitrogens with zero attached hydrogens (tertiary/aromatic N) is 1. The summed E-state index contributed by atoms with van der Waals surface area (Å²) in [7, 11) is 0. The number of thioether (sulfide) groups is 1. The van der Waals surface area contributed by atoms with Gasteiger partial charge in [0, 0.05) is 12.1 Å². The average molecular weight is 627 g/mol. The van der Waals surface area contributed by atoms with Crippen molar-refractivity contribution in [1.82, 2.24) is 0 Å². The second-order valence-electron chi connectivity index (χ2n) is 9.82. The summed E-state index contributed by atoms with van der Waals surface area (Å²) in [5, 5.41) is 21.5. The first kappa shape index (κ1) is 36.8. The van der Waals surface area contributed by atoms with Crippen LogP contribution in [0.2, 0.25) is 0 Å².